The van der Waals surface area contributed by atoms with Crippen molar-refractivity contribution in [3.8, 4) is 0 Å². The first kappa shape index (κ1) is 23.6. The lowest BCUT2D eigenvalue weighted by atomic mass is 10.1. The van der Waals surface area contributed by atoms with Gasteiger partial charge in [-0.2, -0.15) is 0 Å². The van der Waals surface area contributed by atoms with Crippen molar-refractivity contribution in [2.24, 2.45) is 0 Å². The minimum atomic E-state index is -0.227. The van der Waals surface area contributed by atoms with Crippen LogP contribution in [-0.2, 0) is 17.8 Å². The number of anilines is 1. The van der Waals surface area contributed by atoms with Gasteiger partial charge in [0, 0.05) is 49.8 Å². The molecule has 4 rings (SSSR count). The zero-order valence-corrected chi connectivity index (χ0v) is 19.5. The summed E-state index contributed by atoms with van der Waals surface area (Å²) in [4.78, 5) is 31.3. The van der Waals surface area contributed by atoms with Gasteiger partial charge in [-0.1, -0.05) is 24.3 Å². The summed E-state index contributed by atoms with van der Waals surface area (Å²) in [6, 6.07) is 18.6. The summed E-state index contributed by atoms with van der Waals surface area (Å²) >= 11 is 0. The van der Waals surface area contributed by atoms with Crippen LogP contribution in [0.5, 0.6) is 0 Å². The number of amides is 2. The Morgan fingerprint density at radius 3 is 2.41 bits per heavy atom. The van der Waals surface area contributed by atoms with Gasteiger partial charge in [0.05, 0.1) is 17.8 Å². The Balaban J connectivity index is 1.29. The average molecular weight is 459 g/mol. The van der Waals surface area contributed by atoms with Gasteiger partial charge in [-0.3, -0.25) is 19.5 Å². The quantitative estimate of drug-likeness (QED) is 0.562. The molecule has 0 unspecified atom stereocenters. The van der Waals surface area contributed by atoms with E-state index in [0.29, 0.717) is 23.4 Å². The first-order valence-corrected chi connectivity index (χ1v) is 11.5. The third kappa shape index (κ3) is 6.50. The SMILES string of the molecule is C[C@@H]1CN(Cc2ccc(C(=O)NCc3cccc(NC(=O)c4cccnc4)c3)cc2)C[C@@H](C)O1. The van der Waals surface area contributed by atoms with Crippen molar-refractivity contribution < 1.29 is 14.3 Å². The lowest BCUT2D eigenvalue weighted by Crippen LogP contribution is -2.44. The monoisotopic (exact) mass is 458 g/mol. The van der Waals surface area contributed by atoms with Gasteiger partial charge < -0.3 is 15.4 Å². The first-order chi connectivity index (χ1) is 16.5. The molecule has 1 fully saturated rings. The summed E-state index contributed by atoms with van der Waals surface area (Å²) in [5.74, 6) is -0.361. The maximum Gasteiger partial charge on any atom is 0.257 e. The van der Waals surface area contributed by atoms with Gasteiger partial charge in [0.2, 0.25) is 0 Å². The highest BCUT2D eigenvalue weighted by Crippen LogP contribution is 2.16. The molecule has 7 nitrogen and oxygen atoms in total. The third-order valence-electron chi connectivity index (χ3n) is 5.68. The maximum absolute atomic E-state index is 12.6. The Hall–Kier alpha value is -3.55. The smallest absolute Gasteiger partial charge is 0.257 e. The molecule has 2 amide bonds. The van der Waals surface area contributed by atoms with Gasteiger partial charge in [-0.05, 0) is 61.4 Å². The molecule has 1 aliphatic heterocycles. The van der Waals surface area contributed by atoms with Crippen LogP contribution in [0.3, 0.4) is 0 Å². The molecule has 176 valence electrons. The van der Waals surface area contributed by atoms with Crippen LogP contribution in [0.1, 0.15) is 45.7 Å². The first-order valence-electron chi connectivity index (χ1n) is 11.5. The Labute approximate surface area is 200 Å². The number of hydrogen-bond donors (Lipinski definition) is 2. The largest absolute Gasteiger partial charge is 0.373 e. The highest BCUT2D eigenvalue weighted by molar-refractivity contribution is 6.04. The second kappa shape index (κ2) is 11.0. The number of hydrogen-bond acceptors (Lipinski definition) is 5. The highest BCUT2D eigenvalue weighted by Gasteiger charge is 2.22. The fourth-order valence-electron chi connectivity index (χ4n) is 4.18. The van der Waals surface area contributed by atoms with Crippen molar-refractivity contribution in [3.63, 3.8) is 0 Å². The predicted molar refractivity (Wildman–Crippen MR) is 132 cm³/mol. The van der Waals surface area contributed by atoms with Crippen LogP contribution in [0.2, 0.25) is 0 Å². The number of pyridine rings is 1. The summed E-state index contributed by atoms with van der Waals surface area (Å²) in [5, 5.41) is 5.81. The average Bonchev–Trinajstić information content (AvgIpc) is 2.83. The van der Waals surface area contributed by atoms with Gasteiger partial charge >= 0.3 is 0 Å². The van der Waals surface area contributed by atoms with Crippen LogP contribution in [0, 0.1) is 0 Å². The molecule has 7 heteroatoms. The number of carbonyl (C=O) groups excluding carboxylic acids is 2. The summed E-state index contributed by atoms with van der Waals surface area (Å²) in [5.41, 5.74) is 3.84. The Morgan fingerprint density at radius 1 is 0.941 bits per heavy atom. The molecular weight excluding hydrogens is 428 g/mol. The molecule has 2 heterocycles. The van der Waals surface area contributed by atoms with Crippen molar-refractivity contribution in [1.29, 1.82) is 0 Å². The number of rotatable bonds is 7. The maximum atomic E-state index is 12.6. The van der Waals surface area contributed by atoms with Crippen molar-refractivity contribution in [3.05, 3.63) is 95.3 Å². The van der Waals surface area contributed by atoms with E-state index in [1.165, 1.54) is 11.8 Å². The topological polar surface area (TPSA) is 83.6 Å². The lowest BCUT2D eigenvalue weighted by molar-refractivity contribution is -0.0704. The number of carbonyl (C=O) groups is 2. The second-order valence-electron chi connectivity index (χ2n) is 8.73. The minimum Gasteiger partial charge on any atom is -0.373 e. The Bertz CT molecular complexity index is 1110. The van der Waals surface area contributed by atoms with E-state index in [1.54, 1.807) is 18.3 Å². The normalized spacial score (nSPS) is 18.3. The van der Waals surface area contributed by atoms with Crippen LogP contribution in [0.4, 0.5) is 5.69 Å². The number of morpholine rings is 1. The van der Waals surface area contributed by atoms with Crippen LogP contribution < -0.4 is 10.6 Å². The van der Waals surface area contributed by atoms with E-state index in [-0.39, 0.29) is 24.0 Å². The van der Waals surface area contributed by atoms with Crippen LogP contribution in [0.25, 0.3) is 0 Å². The van der Waals surface area contributed by atoms with Gasteiger partial charge in [-0.25, -0.2) is 0 Å². The van der Waals surface area contributed by atoms with Gasteiger partial charge in [0.25, 0.3) is 11.8 Å². The molecule has 2 N–H and O–H groups in total. The van der Waals surface area contributed by atoms with Crippen molar-refractivity contribution in [2.45, 2.75) is 39.1 Å². The van der Waals surface area contributed by atoms with Gasteiger partial charge in [0.15, 0.2) is 0 Å². The highest BCUT2D eigenvalue weighted by atomic mass is 16.5. The molecule has 0 bridgehead atoms. The standard InChI is InChI=1S/C27H30N4O3/c1-19-16-31(17-20(2)34-19)18-21-8-10-23(11-9-21)26(32)29-14-22-5-3-7-25(13-22)30-27(33)24-6-4-12-28-15-24/h3-13,15,19-20H,14,16-18H2,1-2H3,(H,29,32)(H,30,33)/t19-,20-/m1/s1. The molecule has 1 aromatic heterocycles. The molecule has 2 atom stereocenters. The van der Waals surface area contributed by atoms with E-state index in [4.69, 9.17) is 4.74 Å². The number of ether oxygens (including phenoxy) is 1. The molecular formula is C27H30N4O3. The fraction of sp³-hybridized carbons (Fsp3) is 0.296. The van der Waals surface area contributed by atoms with Crippen molar-refractivity contribution in [2.75, 3.05) is 18.4 Å². The van der Waals surface area contributed by atoms with E-state index < -0.39 is 0 Å². The number of aromatic nitrogens is 1. The molecule has 0 aliphatic carbocycles. The molecule has 0 spiro atoms. The molecule has 1 saturated heterocycles. The van der Waals surface area contributed by atoms with E-state index in [9.17, 15) is 9.59 Å². The summed E-state index contributed by atoms with van der Waals surface area (Å²) in [6.07, 6.45) is 3.61. The van der Waals surface area contributed by atoms with Gasteiger partial charge in [0.1, 0.15) is 0 Å². The molecule has 34 heavy (non-hydrogen) atoms. The molecule has 0 radical (unpaired) electrons. The van der Waals surface area contributed by atoms with Crippen molar-refractivity contribution >= 4 is 17.5 Å². The summed E-state index contributed by atoms with van der Waals surface area (Å²) in [6.45, 7) is 7.22. The van der Waals surface area contributed by atoms with E-state index in [1.807, 2.05) is 48.5 Å². The minimum absolute atomic E-state index is 0.134. The predicted octanol–water partition coefficient (Wildman–Crippen LogP) is 3.87. The van der Waals surface area contributed by atoms with E-state index >= 15 is 0 Å². The van der Waals surface area contributed by atoms with Crippen LogP contribution in [0.15, 0.2) is 73.1 Å². The molecule has 2 aromatic carbocycles. The molecule has 0 saturated carbocycles. The summed E-state index contributed by atoms with van der Waals surface area (Å²) < 4.78 is 5.80. The summed E-state index contributed by atoms with van der Waals surface area (Å²) in [7, 11) is 0. The number of benzene rings is 2. The van der Waals surface area contributed by atoms with Crippen molar-refractivity contribution in [1.82, 2.24) is 15.2 Å². The molecule has 1 aliphatic rings. The van der Waals surface area contributed by atoms with E-state index in [0.717, 1.165) is 25.2 Å². The second-order valence-corrected chi connectivity index (χ2v) is 8.73. The molecule has 3 aromatic rings. The van der Waals surface area contributed by atoms with Crippen LogP contribution >= 0.6 is 0 Å². The zero-order chi connectivity index (χ0) is 23.9. The fourth-order valence-corrected chi connectivity index (χ4v) is 4.18. The zero-order valence-electron chi connectivity index (χ0n) is 19.5. The van der Waals surface area contributed by atoms with Crippen LogP contribution in [-0.4, -0.2) is 47.0 Å². The number of nitrogens with zero attached hydrogens (tertiary/aromatic N) is 2. The number of nitrogens with one attached hydrogen (secondary N) is 2. The van der Waals surface area contributed by atoms with Gasteiger partial charge in [-0.15, -0.1) is 0 Å². The Kier molecular flexibility index (Phi) is 7.67. The lowest BCUT2D eigenvalue weighted by Gasteiger charge is -2.35. The Morgan fingerprint density at radius 2 is 1.71 bits per heavy atom. The third-order valence-corrected chi connectivity index (χ3v) is 5.68. The van der Waals surface area contributed by atoms with E-state index in [2.05, 4.69) is 34.4 Å².